The Morgan fingerprint density at radius 3 is 2.65 bits per heavy atom. The third-order valence-corrected chi connectivity index (χ3v) is 4.02. The summed E-state index contributed by atoms with van der Waals surface area (Å²) in [6, 6.07) is 11.5. The van der Waals surface area contributed by atoms with Crippen LogP contribution in [0, 0.1) is 6.92 Å². The van der Waals surface area contributed by atoms with E-state index in [9.17, 15) is 4.79 Å². The van der Waals surface area contributed by atoms with Gasteiger partial charge in [0.15, 0.2) is 0 Å². The van der Waals surface area contributed by atoms with Gasteiger partial charge in [-0.1, -0.05) is 41.1 Å². The molecule has 3 nitrogen and oxygen atoms in total. The van der Waals surface area contributed by atoms with Crippen molar-refractivity contribution in [3.8, 4) is 5.75 Å². The molecule has 0 saturated carbocycles. The van der Waals surface area contributed by atoms with Crippen molar-refractivity contribution in [3.05, 3.63) is 57.6 Å². The van der Waals surface area contributed by atoms with Crippen molar-refractivity contribution in [2.75, 3.05) is 5.32 Å². The van der Waals surface area contributed by atoms with E-state index < -0.39 is 0 Å². The first-order chi connectivity index (χ1) is 10.9. The highest BCUT2D eigenvalue weighted by Gasteiger charge is 2.16. The monoisotopic (exact) mass is 375 g/mol. The summed E-state index contributed by atoms with van der Waals surface area (Å²) in [4.78, 5) is 12.8. The Bertz CT molecular complexity index is 711. The zero-order chi connectivity index (χ0) is 17.0. The zero-order valence-corrected chi connectivity index (χ0v) is 15.5. The van der Waals surface area contributed by atoms with Gasteiger partial charge in [-0.15, -0.1) is 0 Å². The fourth-order valence-corrected chi connectivity index (χ4v) is 2.78. The molecule has 0 unspecified atom stereocenters. The van der Waals surface area contributed by atoms with Crippen molar-refractivity contribution in [2.24, 2.45) is 0 Å². The number of anilines is 1. The van der Waals surface area contributed by atoms with Gasteiger partial charge in [0, 0.05) is 10.2 Å². The molecule has 2 aromatic rings. The largest absolute Gasteiger partial charge is 0.490 e. The molecule has 0 aliphatic rings. The molecule has 122 valence electrons. The predicted octanol–water partition coefficient (Wildman–Crippen LogP) is 5.36. The van der Waals surface area contributed by atoms with Gasteiger partial charge in [-0.05, 0) is 56.5 Å². The van der Waals surface area contributed by atoms with E-state index in [1.54, 1.807) is 6.07 Å². The lowest BCUT2D eigenvalue weighted by molar-refractivity contribution is 0.102. The maximum absolute atomic E-state index is 12.8. The highest BCUT2D eigenvalue weighted by atomic mass is 79.9. The van der Waals surface area contributed by atoms with E-state index in [0.29, 0.717) is 11.3 Å². The number of halogens is 1. The van der Waals surface area contributed by atoms with Gasteiger partial charge >= 0.3 is 0 Å². The molecule has 0 saturated heterocycles. The molecule has 0 spiro atoms. The Hall–Kier alpha value is -1.81. The predicted molar refractivity (Wildman–Crippen MR) is 98.4 cm³/mol. The standard InChI is InChI=1S/C19H22BrNO2/c1-5-14-8-6-7-13(4)18(14)21-19(22)16-11-15(20)9-10-17(16)23-12(2)3/h6-12H,5H2,1-4H3,(H,21,22). The number of amides is 1. The van der Waals surface area contributed by atoms with E-state index in [2.05, 4.69) is 28.2 Å². The summed E-state index contributed by atoms with van der Waals surface area (Å²) in [5, 5.41) is 3.05. The van der Waals surface area contributed by atoms with E-state index >= 15 is 0 Å². The number of rotatable bonds is 5. The molecule has 4 heteroatoms. The summed E-state index contributed by atoms with van der Waals surface area (Å²) in [6.07, 6.45) is 0.873. The van der Waals surface area contributed by atoms with Crippen molar-refractivity contribution >= 4 is 27.5 Å². The molecular formula is C19H22BrNO2. The van der Waals surface area contributed by atoms with Crippen LogP contribution in [0.3, 0.4) is 0 Å². The van der Waals surface area contributed by atoms with E-state index in [1.807, 2.05) is 51.1 Å². The highest BCUT2D eigenvalue weighted by molar-refractivity contribution is 9.10. The number of hydrogen-bond acceptors (Lipinski definition) is 2. The van der Waals surface area contributed by atoms with Crippen LogP contribution in [-0.4, -0.2) is 12.0 Å². The van der Waals surface area contributed by atoms with Crippen LogP contribution in [0.15, 0.2) is 40.9 Å². The molecule has 2 rings (SSSR count). The molecule has 0 aromatic heterocycles. The lowest BCUT2D eigenvalue weighted by Crippen LogP contribution is -2.17. The van der Waals surface area contributed by atoms with E-state index in [0.717, 1.165) is 27.7 Å². The minimum absolute atomic E-state index is 0.00684. The number of carbonyl (C=O) groups is 1. The summed E-state index contributed by atoms with van der Waals surface area (Å²) in [5.74, 6) is 0.429. The Kier molecular flexibility index (Phi) is 5.83. The second kappa shape index (κ2) is 7.64. The van der Waals surface area contributed by atoms with E-state index in [4.69, 9.17) is 4.74 Å². The molecule has 0 radical (unpaired) electrons. The van der Waals surface area contributed by atoms with Crippen LogP contribution in [-0.2, 0) is 6.42 Å². The van der Waals surface area contributed by atoms with Crippen LogP contribution in [0.4, 0.5) is 5.69 Å². The average molecular weight is 376 g/mol. The number of aryl methyl sites for hydroxylation is 2. The number of para-hydroxylation sites is 1. The lowest BCUT2D eigenvalue weighted by atomic mass is 10.1. The summed E-state index contributed by atoms with van der Waals surface area (Å²) >= 11 is 3.42. The SMILES string of the molecule is CCc1cccc(C)c1NC(=O)c1cc(Br)ccc1OC(C)C. The molecule has 2 aromatic carbocycles. The molecule has 0 aliphatic heterocycles. The first kappa shape index (κ1) is 17.5. The van der Waals surface area contributed by atoms with Gasteiger partial charge < -0.3 is 10.1 Å². The second-order valence-corrected chi connectivity index (χ2v) is 6.64. The summed E-state index contributed by atoms with van der Waals surface area (Å²) < 4.78 is 6.61. The average Bonchev–Trinajstić information content (AvgIpc) is 2.50. The van der Waals surface area contributed by atoms with Crippen LogP contribution in [0.2, 0.25) is 0 Å². The van der Waals surface area contributed by atoms with E-state index in [-0.39, 0.29) is 12.0 Å². The van der Waals surface area contributed by atoms with Gasteiger partial charge in [0.2, 0.25) is 0 Å². The number of carbonyl (C=O) groups excluding carboxylic acids is 1. The van der Waals surface area contributed by atoms with Crippen molar-refractivity contribution in [3.63, 3.8) is 0 Å². The summed E-state index contributed by atoms with van der Waals surface area (Å²) in [5.41, 5.74) is 3.59. The van der Waals surface area contributed by atoms with Gasteiger partial charge in [0.25, 0.3) is 5.91 Å². The number of hydrogen-bond donors (Lipinski definition) is 1. The molecule has 0 bridgehead atoms. The third kappa shape index (κ3) is 4.35. The van der Waals surface area contributed by atoms with Gasteiger partial charge in [0.05, 0.1) is 11.7 Å². The quantitative estimate of drug-likeness (QED) is 0.763. The van der Waals surface area contributed by atoms with Crippen LogP contribution in [0.1, 0.15) is 42.3 Å². The minimum Gasteiger partial charge on any atom is -0.490 e. The van der Waals surface area contributed by atoms with E-state index in [1.165, 1.54) is 0 Å². The molecule has 0 atom stereocenters. The number of ether oxygens (including phenoxy) is 1. The third-order valence-electron chi connectivity index (χ3n) is 3.53. The second-order valence-electron chi connectivity index (χ2n) is 5.72. The van der Waals surface area contributed by atoms with Crippen LogP contribution < -0.4 is 10.1 Å². The molecule has 1 N–H and O–H groups in total. The maximum atomic E-state index is 12.8. The van der Waals surface area contributed by atoms with Crippen LogP contribution >= 0.6 is 15.9 Å². The Morgan fingerprint density at radius 2 is 2.00 bits per heavy atom. The number of benzene rings is 2. The topological polar surface area (TPSA) is 38.3 Å². The molecule has 0 fully saturated rings. The first-order valence-electron chi connectivity index (χ1n) is 7.78. The lowest BCUT2D eigenvalue weighted by Gasteiger charge is -2.17. The van der Waals surface area contributed by atoms with Gasteiger partial charge in [-0.2, -0.15) is 0 Å². The summed E-state index contributed by atoms with van der Waals surface area (Å²) in [6.45, 7) is 7.97. The maximum Gasteiger partial charge on any atom is 0.259 e. The molecule has 0 heterocycles. The van der Waals surface area contributed by atoms with Gasteiger partial charge in [-0.25, -0.2) is 0 Å². The van der Waals surface area contributed by atoms with Crippen molar-refractivity contribution in [1.29, 1.82) is 0 Å². The first-order valence-corrected chi connectivity index (χ1v) is 8.57. The Labute approximate surface area is 146 Å². The normalized spacial score (nSPS) is 10.7. The fourth-order valence-electron chi connectivity index (χ4n) is 2.42. The van der Waals surface area contributed by atoms with Crippen LogP contribution in [0.25, 0.3) is 0 Å². The smallest absolute Gasteiger partial charge is 0.259 e. The molecule has 23 heavy (non-hydrogen) atoms. The van der Waals surface area contributed by atoms with Gasteiger partial charge in [-0.3, -0.25) is 4.79 Å². The molecular weight excluding hydrogens is 354 g/mol. The Balaban J connectivity index is 2.36. The highest BCUT2D eigenvalue weighted by Crippen LogP contribution is 2.27. The Morgan fingerprint density at radius 1 is 1.26 bits per heavy atom. The number of nitrogens with one attached hydrogen (secondary N) is 1. The summed E-state index contributed by atoms with van der Waals surface area (Å²) in [7, 11) is 0. The van der Waals surface area contributed by atoms with Crippen molar-refractivity contribution < 1.29 is 9.53 Å². The fraction of sp³-hybridized carbons (Fsp3) is 0.316. The molecule has 1 amide bonds. The van der Waals surface area contributed by atoms with Crippen molar-refractivity contribution in [2.45, 2.75) is 40.2 Å². The van der Waals surface area contributed by atoms with Crippen molar-refractivity contribution in [1.82, 2.24) is 0 Å². The minimum atomic E-state index is -0.161. The molecule has 0 aliphatic carbocycles. The zero-order valence-electron chi connectivity index (χ0n) is 13.9. The van der Waals surface area contributed by atoms with Crippen LogP contribution in [0.5, 0.6) is 5.75 Å². The van der Waals surface area contributed by atoms with Gasteiger partial charge in [0.1, 0.15) is 5.75 Å².